The number of nitrogens with zero attached hydrogens (tertiary/aromatic N) is 2. The van der Waals surface area contributed by atoms with Crippen LogP contribution in [0.3, 0.4) is 0 Å². The Kier molecular flexibility index (Phi) is 5.95. The van der Waals surface area contributed by atoms with Crippen LogP contribution in [0.25, 0.3) is 0 Å². The number of carbonyl (C=O) groups is 1. The Morgan fingerprint density at radius 3 is 2.65 bits per heavy atom. The molecule has 1 aromatic heterocycles. The van der Waals surface area contributed by atoms with Gasteiger partial charge in [-0.15, -0.1) is 0 Å². The summed E-state index contributed by atoms with van der Waals surface area (Å²) in [5, 5.41) is 4.50. The van der Waals surface area contributed by atoms with Crippen molar-refractivity contribution in [1.82, 2.24) is 9.78 Å². The molecule has 0 spiro atoms. The molecule has 0 unspecified atom stereocenters. The molecule has 96 valence electrons. The van der Waals surface area contributed by atoms with Crippen LogP contribution < -0.4 is 0 Å². The molecular weight excluding hydrogens is 212 g/mol. The van der Waals surface area contributed by atoms with E-state index in [1.165, 1.54) is 0 Å². The topological polar surface area (TPSA) is 34.9 Å². The summed E-state index contributed by atoms with van der Waals surface area (Å²) in [6.45, 7) is 6.44. The summed E-state index contributed by atoms with van der Waals surface area (Å²) in [4.78, 5) is 11.6. The Labute approximate surface area is 104 Å². The largest absolute Gasteiger partial charge is 0.299 e. The fraction of sp³-hybridized carbons (Fsp3) is 0.714. The number of Topliss-reactive ketones (excluding diaryl/α,β-unsaturated/α-hetero) is 1. The van der Waals surface area contributed by atoms with Gasteiger partial charge in [-0.05, 0) is 25.3 Å². The van der Waals surface area contributed by atoms with Crippen LogP contribution in [0.1, 0.15) is 64.6 Å². The van der Waals surface area contributed by atoms with E-state index in [1.54, 1.807) is 0 Å². The van der Waals surface area contributed by atoms with Crippen molar-refractivity contribution in [2.24, 2.45) is 0 Å². The van der Waals surface area contributed by atoms with Crippen molar-refractivity contribution < 1.29 is 4.79 Å². The van der Waals surface area contributed by atoms with E-state index in [9.17, 15) is 4.79 Å². The maximum absolute atomic E-state index is 11.6. The third-order valence-electron chi connectivity index (χ3n) is 3.17. The summed E-state index contributed by atoms with van der Waals surface area (Å²) < 4.78 is 2.00. The van der Waals surface area contributed by atoms with Gasteiger partial charge >= 0.3 is 0 Å². The van der Waals surface area contributed by atoms with Crippen molar-refractivity contribution in [1.29, 1.82) is 0 Å². The van der Waals surface area contributed by atoms with Crippen LogP contribution in [0.5, 0.6) is 0 Å². The molecule has 17 heavy (non-hydrogen) atoms. The number of rotatable bonds is 8. The first-order valence-electron chi connectivity index (χ1n) is 6.76. The first-order chi connectivity index (χ1) is 8.21. The molecule has 1 rings (SSSR count). The highest BCUT2D eigenvalue weighted by molar-refractivity contribution is 5.80. The highest BCUT2D eigenvalue weighted by atomic mass is 16.1. The van der Waals surface area contributed by atoms with Crippen molar-refractivity contribution >= 4 is 5.78 Å². The second kappa shape index (κ2) is 7.25. The Bertz CT molecular complexity index is 340. The minimum Gasteiger partial charge on any atom is -0.299 e. The van der Waals surface area contributed by atoms with Crippen molar-refractivity contribution in [3.05, 3.63) is 18.0 Å². The molecule has 0 fully saturated rings. The lowest BCUT2D eigenvalue weighted by Gasteiger charge is -2.12. The maximum atomic E-state index is 11.6. The fourth-order valence-corrected chi connectivity index (χ4v) is 2.00. The van der Waals surface area contributed by atoms with Crippen LogP contribution in [0.2, 0.25) is 0 Å². The van der Waals surface area contributed by atoms with Gasteiger partial charge in [0.25, 0.3) is 0 Å². The standard InChI is InChI=1S/C14H24N2O/c1-4-7-8-14(17)11-12-9-10-16(15-12)13(5-2)6-3/h9-10,13H,4-8,11H2,1-3H3. The molecule has 0 radical (unpaired) electrons. The Morgan fingerprint density at radius 2 is 2.06 bits per heavy atom. The Hall–Kier alpha value is -1.12. The van der Waals surface area contributed by atoms with Crippen LogP contribution in [-0.2, 0) is 11.2 Å². The van der Waals surface area contributed by atoms with Crippen molar-refractivity contribution in [3.8, 4) is 0 Å². The minimum absolute atomic E-state index is 0.307. The van der Waals surface area contributed by atoms with E-state index in [4.69, 9.17) is 0 Å². The zero-order valence-electron chi connectivity index (χ0n) is 11.3. The number of carbonyl (C=O) groups excluding carboxylic acids is 1. The Balaban J connectivity index is 2.53. The molecule has 3 heteroatoms. The Morgan fingerprint density at radius 1 is 1.35 bits per heavy atom. The number of ketones is 1. The van der Waals surface area contributed by atoms with Gasteiger partial charge in [-0.2, -0.15) is 5.10 Å². The molecule has 1 aromatic rings. The van der Waals surface area contributed by atoms with Gasteiger partial charge in [-0.1, -0.05) is 27.2 Å². The molecule has 0 saturated carbocycles. The molecule has 0 aliphatic heterocycles. The summed E-state index contributed by atoms with van der Waals surface area (Å²) >= 11 is 0. The van der Waals surface area contributed by atoms with Crippen LogP contribution in [0.4, 0.5) is 0 Å². The SMILES string of the molecule is CCCCC(=O)Cc1ccn(C(CC)CC)n1. The monoisotopic (exact) mass is 236 g/mol. The highest BCUT2D eigenvalue weighted by Crippen LogP contribution is 2.14. The van der Waals surface area contributed by atoms with Gasteiger partial charge in [-0.3, -0.25) is 9.48 Å². The molecule has 0 aliphatic carbocycles. The average Bonchev–Trinajstić information content (AvgIpc) is 2.76. The van der Waals surface area contributed by atoms with Crippen LogP contribution in [0, 0.1) is 0 Å². The van der Waals surface area contributed by atoms with Crippen molar-refractivity contribution in [2.75, 3.05) is 0 Å². The van der Waals surface area contributed by atoms with Crippen LogP contribution in [0.15, 0.2) is 12.3 Å². The number of hydrogen-bond donors (Lipinski definition) is 0. The zero-order chi connectivity index (χ0) is 12.7. The molecule has 0 atom stereocenters. The molecule has 3 nitrogen and oxygen atoms in total. The molecule has 0 amide bonds. The maximum Gasteiger partial charge on any atom is 0.138 e. The van der Waals surface area contributed by atoms with Crippen molar-refractivity contribution in [2.45, 2.75) is 65.3 Å². The summed E-state index contributed by atoms with van der Waals surface area (Å²) in [6, 6.07) is 2.44. The third kappa shape index (κ3) is 4.33. The summed E-state index contributed by atoms with van der Waals surface area (Å²) in [6.07, 6.45) is 7.42. The normalized spacial score (nSPS) is 11.1. The molecule has 0 aromatic carbocycles. The van der Waals surface area contributed by atoms with E-state index in [-0.39, 0.29) is 0 Å². The predicted molar refractivity (Wildman–Crippen MR) is 70.1 cm³/mol. The van der Waals surface area contributed by atoms with Gasteiger partial charge in [0.2, 0.25) is 0 Å². The summed E-state index contributed by atoms with van der Waals surface area (Å²) in [5.41, 5.74) is 0.915. The molecular formula is C14H24N2O. The van der Waals surface area contributed by atoms with Gasteiger partial charge in [0.15, 0.2) is 0 Å². The van der Waals surface area contributed by atoms with Gasteiger partial charge in [0.05, 0.1) is 18.2 Å². The zero-order valence-corrected chi connectivity index (χ0v) is 11.3. The van der Waals surface area contributed by atoms with E-state index in [1.807, 2.05) is 16.9 Å². The van der Waals surface area contributed by atoms with Gasteiger partial charge in [0, 0.05) is 12.6 Å². The second-order valence-corrected chi connectivity index (χ2v) is 4.58. The smallest absolute Gasteiger partial charge is 0.138 e. The number of hydrogen-bond acceptors (Lipinski definition) is 2. The minimum atomic E-state index is 0.307. The third-order valence-corrected chi connectivity index (χ3v) is 3.17. The first kappa shape index (κ1) is 13.9. The second-order valence-electron chi connectivity index (χ2n) is 4.58. The number of aromatic nitrogens is 2. The van der Waals surface area contributed by atoms with Crippen LogP contribution >= 0.6 is 0 Å². The van der Waals surface area contributed by atoms with Crippen molar-refractivity contribution in [3.63, 3.8) is 0 Å². The van der Waals surface area contributed by atoms with Gasteiger partial charge in [-0.25, -0.2) is 0 Å². The van der Waals surface area contributed by atoms with Crippen LogP contribution in [-0.4, -0.2) is 15.6 Å². The molecule has 0 N–H and O–H groups in total. The highest BCUT2D eigenvalue weighted by Gasteiger charge is 2.10. The van der Waals surface area contributed by atoms with E-state index in [2.05, 4.69) is 25.9 Å². The fourth-order valence-electron chi connectivity index (χ4n) is 2.00. The quantitative estimate of drug-likeness (QED) is 0.692. The average molecular weight is 236 g/mol. The summed E-state index contributed by atoms with van der Waals surface area (Å²) in [5.74, 6) is 0.307. The van der Waals surface area contributed by atoms with E-state index in [0.717, 1.165) is 31.4 Å². The first-order valence-corrected chi connectivity index (χ1v) is 6.76. The van der Waals surface area contributed by atoms with Gasteiger partial charge < -0.3 is 0 Å². The lowest BCUT2D eigenvalue weighted by Crippen LogP contribution is -2.09. The van der Waals surface area contributed by atoms with Gasteiger partial charge in [0.1, 0.15) is 5.78 Å². The molecule has 0 bridgehead atoms. The summed E-state index contributed by atoms with van der Waals surface area (Å²) in [7, 11) is 0. The van der Waals surface area contributed by atoms with E-state index < -0.39 is 0 Å². The van der Waals surface area contributed by atoms with E-state index >= 15 is 0 Å². The van der Waals surface area contributed by atoms with E-state index in [0.29, 0.717) is 24.7 Å². The lowest BCUT2D eigenvalue weighted by atomic mass is 10.1. The molecule has 0 aliphatic rings. The molecule has 1 heterocycles. The lowest BCUT2D eigenvalue weighted by molar-refractivity contribution is -0.118. The molecule has 0 saturated heterocycles. The number of unbranched alkanes of at least 4 members (excludes halogenated alkanes) is 1. The predicted octanol–water partition coefficient (Wildman–Crippen LogP) is 3.55.